The van der Waals surface area contributed by atoms with Gasteiger partial charge in [-0.2, -0.15) is 0 Å². The largest absolute Gasteiger partial charge is 0.387 e. The van der Waals surface area contributed by atoms with Crippen LogP contribution in [-0.2, 0) is 0 Å². The van der Waals surface area contributed by atoms with Crippen molar-refractivity contribution in [2.24, 2.45) is 5.92 Å². The first-order chi connectivity index (χ1) is 9.03. The molecule has 0 heterocycles. The molecule has 0 aliphatic carbocycles. The molecule has 0 fully saturated rings. The van der Waals surface area contributed by atoms with E-state index in [0.29, 0.717) is 5.92 Å². The summed E-state index contributed by atoms with van der Waals surface area (Å²) in [5.74, 6) is 0.365. The van der Waals surface area contributed by atoms with Crippen LogP contribution in [0.3, 0.4) is 0 Å². The molecule has 1 aromatic rings. The Morgan fingerprint density at radius 1 is 1.00 bits per heavy atom. The third-order valence-corrected chi connectivity index (χ3v) is 3.69. The van der Waals surface area contributed by atoms with E-state index in [2.05, 4.69) is 72.8 Å². The van der Waals surface area contributed by atoms with Crippen LogP contribution in [0.25, 0.3) is 0 Å². The van der Waals surface area contributed by atoms with E-state index in [9.17, 15) is 5.11 Å². The van der Waals surface area contributed by atoms with Crippen molar-refractivity contribution in [3.05, 3.63) is 34.4 Å². The summed E-state index contributed by atoms with van der Waals surface area (Å²) >= 11 is 0. The molecule has 2 N–H and O–H groups in total. The molecular weight excluding hydrogens is 246 g/mol. The molecule has 0 radical (unpaired) electrons. The number of aliphatic hydroxyl groups is 1. The second-order valence-corrected chi connectivity index (χ2v) is 7.42. The molecule has 0 aliphatic heterocycles. The minimum atomic E-state index is -0.477. The van der Waals surface area contributed by atoms with Gasteiger partial charge in [0.15, 0.2) is 0 Å². The zero-order valence-electron chi connectivity index (χ0n) is 14.3. The van der Waals surface area contributed by atoms with E-state index in [1.807, 2.05) is 0 Å². The highest BCUT2D eigenvalue weighted by Crippen LogP contribution is 2.29. The van der Waals surface area contributed by atoms with Crippen molar-refractivity contribution in [2.45, 2.75) is 73.1 Å². The van der Waals surface area contributed by atoms with Gasteiger partial charge in [0.25, 0.3) is 0 Å². The molecule has 0 saturated heterocycles. The third-order valence-electron chi connectivity index (χ3n) is 3.69. The maximum Gasteiger partial charge on any atom is 0.0950 e. The summed E-state index contributed by atoms with van der Waals surface area (Å²) in [7, 11) is 0. The van der Waals surface area contributed by atoms with Crippen LogP contribution in [0.2, 0.25) is 0 Å². The summed E-state index contributed by atoms with van der Waals surface area (Å²) < 4.78 is 0. The summed E-state index contributed by atoms with van der Waals surface area (Å²) in [5.41, 5.74) is 4.67. The van der Waals surface area contributed by atoms with Crippen molar-refractivity contribution in [3.63, 3.8) is 0 Å². The zero-order valence-corrected chi connectivity index (χ0v) is 14.3. The Bertz CT molecular complexity index is 434. The number of hydrogen-bond acceptors (Lipinski definition) is 2. The first-order valence-corrected chi connectivity index (χ1v) is 7.56. The lowest BCUT2D eigenvalue weighted by Crippen LogP contribution is -2.49. The topological polar surface area (TPSA) is 32.3 Å². The van der Waals surface area contributed by atoms with Crippen molar-refractivity contribution in [1.29, 1.82) is 0 Å². The van der Waals surface area contributed by atoms with Gasteiger partial charge in [-0.1, -0.05) is 31.5 Å². The minimum Gasteiger partial charge on any atom is -0.387 e. The van der Waals surface area contributed by atoms with Gasteiger partial charge in [0.2, 0.25) is 0 Å². The quantitative estimate of drug-likeness (QED) is 0.870. The fourth-order valence-electron chi connectivity index (χ4n) is 2.95. The molecule has 2 unspecified atom stereocenters. The monoisotopic (exact) mass is 277 g/mol. The molecule has 0 saturated carbocycles. The molecular formula is C18H31NO. The molecule has 0 bridgehead atoms. The molecule has 0 aromatic heterocycles. The predicted octanol–water partition coefficient (Wildman–Crippen LogP) is 4.06. The summed E-state index contributed by atoms with van der Waals surface area (Å²) in [6, 6.07) is 4.36. The maximum atomic E-state index is 10.9. The minimum absolute atomic E-state index is 0.0115. The Kier molecular flexibility index (Phi) is 5.39. The second kappa shape index (κ2) is 6.28. The van der Waals surface area contributed by atoms with Crippen LogP contribution in [0.1, 0.15) is 63.0 Å². The van der Waals surface area contributed by atoms with Crippen LogP contribution < -0.4 is 5.32 Å². The van der Waals surface area contributed by atoms with E-state index < -0.39 is 6.10 Å². The van der Waals surface area contributed by atoms with E-state index in [4.69, 9.17) is 0 Å². The molecule has 1 rings (SSSR count). The number of rotatable bonds is 4. The van der Waals surface area contributed by atoms with Gasteiger partial charge in [-0.3, -0.25) is 0 Å². The normalized spacial score (nSPS) is 15.5. The van der Waals surface area contributed by atoms with Crippen LogP contribution in [0, 0.1) is 26.7 Å². The van der Waals surface area contributed by atoms with Crippen LogP contribution in [0.4, 0.5) is 0 Å². The second-order valence-electron chi connectivity index (χ2n) is 7.42. The van der Waals surface area contributed by atoms with E-state index in [0.717, 1.165) is 5.56 Å². The first kappa shape index (κ1) is 17.2. The van der Waals surface area contributed by atoms with Crippen LogP contribution in [-0.4, -0.2) is 16.7 Å². The van der Waals surface area contributed by atoms with Crippen molar-refractivity contribution in [2.75, 3.05) is 0 Å². The Morgan fingerprint density at radius 3 is 1.80 bits per heavy atom. The van der Waals surface area contributed by atoms with Crippen molar-refractivity contribution >= 4 is 0 Å². The molecule has 0 amide bonds. The molecule has 20 heavy (non-hydrogen) atoms. The smallest absolute Gasteiger partial charge is 0.0950 e. The van der Waals surface area contributed by atoms with Gasteiger partial charge in [0.05, 0.1) is 6.10 Å². The summed E-state index contributed by atoms with van der Waals surface area (Å²) in [6.07, 6.45) is -0.477. The first-order valence-electron chi connectivity index (χ1n) is 7.56. The van der Waals surface area contributed by atoms with Gasteiger partial charge in [-0.15, -0.1) is 0 Å². The van der Waals surface area contributed by atoms with Gasteiger partial charge >= 0.3 is 0 Å². The van der Waals surface area contributed by atoms with E-state index in [-0.39, 0.29) is 11.6 Å². The van der Waals surface area contributed by atoms with Gasteiger partial charge in [0.1, 0.15) is 0 Å². The van der Waals surface area contributed by atoms with Gasteiger partial charge in [-0.05, 0) is 64.2 Å². The fourth-order valence-corrected chi connectivity index (χ4v) is 2.95. The SMILES string of the molecule is Cc1cc(C)c(C(O)C(NC(C)(C)C)C(C)C)c(C)c1. The number of aliphatic hydroxyl groups excluding tert-OH is 1. The Morgan fingerprint density at radius 2 is 1.45 bits per heavy atom. The Labute approximate surface area is 124 Å². The lowest BCUT2D eigenvalue weighted by Gasteiger charge is -2.35. The van der Waals surface area contributed by atoms with Crippen LogP contribution in [0.5, 0.6) is 0 Å². The predicted molar refractivity (Wildman–Crippen MR) is 87.1 cm³/mol. The van der Waals surface area contributed by atoms with Crippen LogP contribution in [0.15, 0.2) is 12.1 Å². The maximum absolute atomic E-state index is 10.9. The molecule has 2 heteroatoms. The highest BCUT2D eigenvalue weighted by molar-refractivity contribution is 5.39. The van der Waals surface area contributed by atoms with Gasteiger partial charge in [0, 0.05) is 11.6 Å². The Hall–Kier alpha value is -0.860. The highest BCUT2D eigenvalue weighted by Gasteiger charge is 2.29. The number of nitrogens with one attached hydrogen (secondary N) is 1. The highest BCUT2D eigenvalue weighted by atomic mass is 16.3. The molecule has 114 valence electrons. The number of hydrogen-bond donors (Lipinski definition) is 2. The molecule has 2 atom stereocenters. The van der Waals surface area contributed by atoms with E-state index >= 15 is 0 Å². The van der Waals surface area contributed by atoms with E-state index in [1.165, 1.54) is 16.7 Å². The number of benzene rings is 1. The molecule has 1 aromatic carbocycles. The van der Waals surface area contributed by atoms with E-state index in [1.54, 1.807) is 0 Å². The fraction of sp³-hybridized carbons (Fsp3) is 0.667. The average Bonchev–Trinajstić information content (AvgIpc) is 2.22. The lowest BCUT2D eigenvalue weighted by atomic mass is 9.86. The molecule has 0 aliphatic rings. The lowest BCUT2D eigenvalue weighted by molar-refractivity contribution is 0.0883. The van der Waals surface area contributed by atoms with Gasteiger partial charge in [-0.25, -0.2) is 0 Å². The summed E-state index contributed by atoms with van der Waals surface area (Å²) in [5, 5.41) is 14.5. The average molecular weight is 277 g/mol. The van der Waals surface area contributed by atoms with Crippen molar-refractivity contribution < 1.29 is 5.11 Å². The van der Waals surface area contributed by atoms with Crippen LogP contribution >= 0.6 is 0 Å². The third kappa shape index (κ3) is 4.32. The summed E-state index contributed by atoms with van der Waals surface area (Å²) in [6.45, 7) is 17.0. The zero-order chi connectivity index (χ0) is 15.7. The number of aryl methyl sites for hydroxylation is 3. The molecule has 0 spiro atoms. The standard InChI is InChI=1S/C18H31NO/c1-11(2)16(19-18(6,7)8)17(20)15-13(4)9-12(3)10-14(15)5/h9-11,16-17,19-20H,1-8H3. The van der Waals surface area contributed by atoms with Crippen molar-refractivity contribution in [3.8, 4) is 0 Å². The molecule has 2 nitrogen and oxygen atoms in total. The van der Waals surface area contributed by atoms with Gasteiger partial charge < -0.3 is 10.4 Å². The van der Waals surface area contributed by atoms with Crippen molar-refractivity contribution in [1.82, 2.24) is 5.32 Å². The summed E-state index contributed by atoms with van der Waals surface area (Å²) in [4.78, 5) is 0. The Balaban J connectivity index is 3.16.